The molecule has 0 aliphatic carbocycles. The second-order valence-electron chi connectivity index (χ2n) is 4.47. The zero-order valence-electron chi connectivity index (χ0n) is 11.1. The first-order valence-electron chi connectivity index (χ1n) is 6.19. The number of anilines is 1. The topological polar surface area (TPSA) is 98.2 Å². The van der Waals surface area contributed by atoms with Gasteiger partial charge >= 0.3 is 0 Å². The van der Waals surface area contributed by atoms with E-state index in [1.54, 1.807) is 24.3 Å². The van der Waals surface area contributed by atoms with Crippen LogP contribution in [-0.4, -0.2) is 11.8 Å². The molecule has 0 heterocycles. The molecule has 0 saturated heterocycles. The van der Waals surface area contributed by atoms with Gasteiger partial charge in [-0.05, 0) is 42.5 Å². The summed E-state index contributed by atoms with van der Waals surface area (Å²) in [5, 5.41) is 2.99. The molecule has 5 N–H and O–H groups in total. The van der Waals surface area contributed by atoms with E-state index in [0.717, 1.165) is 0 Å². The third-order valence-corrected chi connectivity index (χ3v) is 2.98. The highest BCUT2D eigenvalue weighted by Gasteiger charge is 2.07. The number of halogens is 1. The highest BCUT2D eigenvalue weighted by atomic mass is 19.1. The molecule has 6 heteroatoms. The maximum atomic E-state index is 13.7. The Morgan fingerprint density at radius 2 is 1.52 bits per heavy atom. The number of hydrogen-bond donors (Lipinski definition) is 3. The predicted octanol–water partition coefficient (Wildman–Crippen LogP) is 1.64. The van der Waals surface area contributed by atoms with Crippen LogP contribution in [0.4, 0.5) is 10.1 Å². The van der Waals surface area contributed by atoms with E-state index >= 15 is 0 Å². The molecular weight excluding hydrogens is 273 g/mol. The van der Waals surface area contributed by atoms with Crippen molar-refractivity contribution >= 4 is 17.5 Å². The summed E-state index contributed by atoms with van der Waals surface area (Å²) in [5.74, 6) is -1.55. The number of rotatable bonds is 5. The average molecular weight is 287 g/mol. The van der Waals surface area contributed by atoms with Crippen LogP contribution in [0.25, 0.3) is 0 Å². The van der Waals surface area contributed by atoms with E-state index in [0.29, 0.717) is 16.8 Å². The number of carbonyl (C=O) groups is 2. The first kappa shape index (κ1) is 14.5. The van der Waals surface area contributed by atoms with Crippen LogP contribution in [0.5, 0.6) is 0 Å². The summed E-state index contributed by atoms with van der Waals surface area (Å²) in [6.45, 7) is 0.183. The van der Waals surface area contributed by atoms with Crippen LogP contribution < -0.4 is 16.8 Å². The van der Waals surface area contributed by atoms with E-state index in [1.165, 1.54) is 18.2 Å². The molecule has 2 rings (SSSR count). The molecule has 5 nitrogen and oxygen atoms in total. The van der Waals surface area contributed by atoms with Gasteiger partial charge in [-0.25, -0.2) is 4.39 Å². The van der Waals surface area contributed by atoms with Gasteiger partial charge in [0.2, 0.25) is 11.8 Å². The van der Waals surface area contributed by atoms with Crippen molar-refractivity contribution in [2.75, 3.05) is 5.32 Å². The Bertz CT molecular complexity index is 684. The van der Waals surface area contributed by atoms with Crippen molar-refractivity contribution in [3.8, 4) is 0 Å². The van der Waals surface area contributed by atoms with E-state index in [2.05, 4.69) is 5.32 Å². The van der Waals surface area contributed by atoms with Crippen molar-refractivity contribution in [3.63, 3.8) is 0 Å². The zero-order chi connectivity index (χ0) is 15.4. The van der Waals surface area contributed by atoms with E-state index in [4.69, 9.17) is 11.5 Å². The Labute approximate surface area is 120 Å². The Morgan fingerprint density at radius 3 is 2.10 bits per heavy atom. The van der Waals surface area contributed by atoms with Gasteiger partial charge in [-0.3, -0.25) is 9.59 Å². The Kier molecular flexibility index (Phi) is 4.18. The van der Waals surface area contributed by atoms with Gasteiger partial charge in [0.05, 0.1) is 0 Å². The number of hydrogen-bond acceptors (Lipinski definition) is 3. The van der Waals surface area contributed by atoms with Crippen LogP contribution in [0.2, 0.25) is 0 Å². The summed E-state index contributed by atoms with van der Waals surface area (Å²) < 4.78 is 13.7. The molecule has 0 unspecified atom stereocenters. The fourth-order valence-corrected chi connectivity index (χ4v) is 1.81. The lowest BCUT2D eigenvalue weighted by atomic mass is 10.1. The van der Waals surface area contributed by atoms with Gasteiger partial charge in [-0.1, -0.05) is 0 Å². The molecule has 0 aliphatic heterocycles. The largest absolute Gasteiger partial charge is 0.381 e. The van der Waals surface area contributed by atoms with Crippen LogP contribution in [0.3, 0.4) is 0 Å². The summed E-state index contributed by atoms with van der Waals surface area (Å²) in [6, 6.07) is 10.4. The van der Waals surface area contributed by atoms with Gasteiger partial charge in [0.25, 0.3) is 0 Å². The number of nitrogens with two attached hydrogens (primary N) is 2. The molecule has 21 heavy (non-hydrogen) atoms. The Morgan fingerprint density at radius 1 is 0.952 bits per heavy atom. The standard InChI is InChI=1S/C15H14FN3O2/c16-13-6-3-10(15(18)21)7-11(13)8-19-12-4-1-9(2-5-12)14(17)20/h1-7,19H,8H2,(H2,17,20)(H2,18,21). The van der Waals surface area contributed by atoms with Gasteiger partial charge in [-0.2, -0.15) is 0 Å². The van der Waals surface area contributed by atoms with Crippen molar-refractivity contribution in [3.05, 3.63) is 65.0 Å². The third-order valence-electron chi connectivity index (χ3n) is 2.98. The molecule has 0 radical (unpaired) electrons. The van der Waals surface area contributed by atoms with Crippen molar-refractivity contribution in [1.82, 2.24) is 0 Å². The summed E-state index contributed by atoms with van der Waals surface area (Å²) >= 11 is 0. The smallest absolute Gasteiger partial charge is 0.248 e. The van der Waals surface area contributed by atoms with Crippen molar-refractivity contribution < 1.29 is 14.0 Å². The lowest BCUT2D eigenvalue weighted by Crippen LogP contribution is -2.12. The minimum Gasteiger partial charge on any atom is -0.381 e. The molecule has 0 aromatic heterocycles. The normalized spacial score (nSPS) is 10.1. The first-order chi connectivity index (χ1) is 9.97. The molecule has 0 fully saturated rings. The second-order valence-corrected chi connectivity index (χ2v) is 4.47. The molecular formula is C15H14FN3O2. The fraction of sp³-hybridized carbons (Fsp3) is 0.0667. The Balaban J connectivity index is 2.10. The summed E-state index contributed by atoms with van der Waals surface area (Å²) in [7, 11) is 0. The number of amides is 2. The quantitative estimate of drug-likeness (QED) is 0.779. The lowest BCUT2D eigenvalue weighted by molar-refractivity contribution is 0.0992. The van der Waals surface area contributed by atoms with Gasteiger partial charge in [-0.15, -0.1) is 0 Å². The summed E-state index contributed by atoms with van der Waals surface area (Å²) in [5.41, 5.74) is 12.0. The molecule has 0 bridgehead atoms. The molecule has 108 valence electrons. The SMILES string of the molecule is NC(=O)c1ccc(NCc2cc(C(N)=O)ccc2F)cc1. The maximum Gasteiger partial charge on any atom is 0.248 e. The minimum absolute atomic E-state index is 0.183. The number of carbonyl (C=O) groups excluding carboxylic acids is 2. The molecule has 2 amide bonds. The van der Waals surface area contributed by atoms with Gasteiger partial charge in [0.15, 0.2) is 0 Å². The molecule has 0 spiro atoms. The maximum absolute atomic E-state index is 13.7. The average Bonchev–Trinajstić information content (AvgIpc) is 2.46. The van der Waals surface area contributed by atoms with Crippen LogP contribution in [0.1, 0.15) is 26.3 Å². The van der Waals surface area contributed by atoms with Crippen molar-refractivity contribution in [2.24, 2.45) is 11.5 Å². The zero-order valence-corrected chi connectivity index (χ0v) is 11.1. The molecule has 0 aliphatic rings. The minimum atomic E-state index is -0.609. The third kappa shape index (κ3) is 3.56. The van der Waals surface area contributed by atoms with E-state index < -0.39 is 17.6 Å². The van der Waals surface area contributed by atoms with Crippen LogP contribution >= 0.6 is 0 Å². The summed E-state index contributed by atoms with van der Waals surface area (Å²) in [4.78, 5) is 22.0. The van der Waals surface area contributed by atoms with E-state index in [1.807, 2.05) is 0 Å². The van der Waals surface area contributed by atoms with Crippen LogP contribution in [0, 0.1) is 5.82 Å². The highest BCUT2D eigenvalue weighted by molar-refractivity contribution is 5.93. The summed E-state index contributed by atoms with van der Waals surface area (Å²) in [6.07, 6.45) is 0. The molecule has 2 aromatic carbocycles. The van der Waals surface area contributed by atoms with Crippen LogP contribution in [-0.2, 0) is 6.54 Å². The second kappa shape index (κ2) is 6.04. The predicted molar refractivity (Wildman–Crippen MR) is 77.2 cm³/mol. The van der Waals surface area contributed by atoms with Gasteiger partial charge < -0.3 is 16.8 Å². The van der Waals surface area contributed by atoms with Crippen molar-refractivity contribution in [2.45, 2.75) is 6.54 Å². The number of benzene rings is 2. The lowest BCUT2D eigenvalue weighted by Gasteiger charge is -2.09. The van der Waals surface area contributed by atoms with E-state index in [-0.39, 0.29) is 12.1 Å². The first-order valence-corrected chi connectivity index (χ1v) is 6.19. The monoisotopic (exact) mass is 287 g/mol. The fourth-order valence-electron chi connectivity index (χ4n) is 1.81. The molecule has 2 aromatic rings. The van der Waals surface area contributed by atoms with Gasteiger partial charge in [0, 0.05) is 28.9 Å². The number of nitrogens with one attached hydrogen (secondary N) is 1. The number of primary amides is 2. The Hall–Kier alpha value is -2.89. The van der Waals surface area contributed by atoms with Gasteiger partial charge in [0.1, 0.15) is 5.82 Å². The van der Waals surface area contributed by atoms with E-state index in [9.17, 15) is 14.0 Å². The highest BCUT2D eigenvalue weighted by Crippen LogP contribution is 2.14. The van der Waals surface area contributed by atoms with Crippen LogP contribution in [0.15, 0.2) is 42.5 Å². The molecule has 0 saturated carbocycles. The van der Waals surface area contributed by atoms with Crippen molar-refractivity contribution in [1.29, 1.82) is 0 Å². The molecule has 0 atom stereocenters.